The SMILES string of the molecule is CC(=O)C1CC(ONC(=O)[C@@H]2CCC3CN2C(=O)N3OS(=O)(=O)O)CN1. The summed E-state index contributed by atoms with van der Waals surface area (Å²) in [6.07, 6.45) is 0.683. The number of piperidine rings is 1. The molecule has 3 aliphatic rings. The van der Waals surface area contributed by atoms with Gasteiger partial charge in [0, 0.05) is 13.1 Å². The second-order valence-corrected chi connectivity index (χ2v) is 7.53. The van der Waals surface area contributed by atoms with Crippen LogP contribution in [-0.2, 0) is 29.1 Å². The van der Waals surface area contributed by atoms with Crippen molar-refractivity contribution in [3.8, 4) is 0 Å². The fourth-order valence-electron chi connectivity index (χ4n) is 3.42. The van der Waals surface area contributed by atoms with Crippen LogP contribution in [-0.4, -0.2) is 78.0 Å². The molecule has 3 N–H and O–H groups in total. The van der Waals surface area contributed by atoms with Crippen LogP contribution in [0.2, 0.25) is 0 Å². The fraction of sp³-hybridized carbons (Fsp3) is 0.769. The summed E-state index contributed by atoms with van der Waals surface area (Å²) in [4.78, 5) is 42.4. The molecule has 26 heavy (non-hydrogen) atoms. The van der Waals surface area contributed by atoms with Crippen molar-refractivity contribution in [2.75, 3.05) is 13.1 Å². The number of carbonyl (C=O) groups is 3. The van der Waals surface area contributed by atoms with Gasteiger partial charge in [-0.05, 0) is 26.2 Å². The number of hydrogen-bond acceptors (Lipinski definition) is 8. The quantitative estimate of drug-likeness (QED) is 0.356. The third-order valence-electron chi connectivity index (χ3n) is 4.71. The van der Waals surface area contributed by atoms with Gasteiger partial charge in [0.05, 0.1) is 18.2 Å². The number of carbonyl (C=O) groups excluding carboxylic acids is 3. The van der Waals surface area contributed by atoms with Gasteiger partial charge in [-0.3, -0.25) is 19.0 Å². The minimum Gasteiger partial charge on any atom is -0.309 e. The monoisotopic (exact) mass is 392 g/mol. The van der Waals surface area contributed by atoms with Crippen molar-refractivity contribution in [1.29, 1.82) is 0 Å². The van der Waals surface area contributed by atoms with E-state index in [1.54, 1.807) is 0 Å². The topological polar surface area (TPSA) is 155 Å². The van der Waals surface area contributed by atoms with Gasteiger partial charge in [-0.1, -0.05) is 0 Å². The second-order valence-electron chi connectivity index (χ2n) is 6.52. The highest BCUT2D eigenvalue weighted by Gasteiger charge is 2.49. The number of nitrogens with zero attached hydrogens (tertiary/aromatic N) is 2. The van der Waals surface area contributed by atoms with Crippen LogP contribution in [0.1, 0.15) is 26.2 Å². The van der Waals surface area contributed by atoms with Crippen LogP contribution >= 0.6 is 0 Å². The zero-order valence-corrected chi connectivity index (χ0v) is 14.8. The van der Waals surface area contributed by atoms with Crippen molar-refractivity contribution in [3.05, 3.63) is 0 Å². The van der Waals surface area contributed by atoms with E-state index >= 15 is 0 Å². The minimum absolute atomic E-state index is 0.0117. The number of hydroxylamine groups is 3. The highest BCUT2D eigenvalue weighted by atomic mass is 32.3. The standard InChI is InChI=1S/C13H20N4O8S/c1-7(18)10-4-9(5-14-10)24-15-12(19)11-3-2-8-6-16(11)13(20)17(8)25-26(21,22)23/h8-11,14H,2-6H2,1H3,(H,15,19)(H,21,22,23)/t8?,9?,10?,11-/m0/s1. The molecule has 0 aliphatic carbocycles. The Bertz CT molecular complexity index is 713. The van der Waals surface area contributed by atoms with Gasteiger partial charge < -0.3 is 10.2 Å². The first-order valence-electron chi connectivity index (χ1n) is 8.12. The molecule has 0 aromatic heterocycles. The van der Waals surface area contributed by atoms with Crippen LogP contribution < -0.4 is 10.8 Å². The molecule has 12 nitrogen and oxygen atoms in total. The minimum atomic E-state index is -4.83. The molecule has 3 amide bonds. The maximum Gasteiger partial charge on any atom is 0.418 e. The lowest BCUT2D eigenvalue weighted by molar-refractivity contribution is -0.142. The number of hydrogen-bond donors (Lipinski definition) is 3. The van der Waals surface area contributed by atoms with E-state index in [2.05, 4.69) is 15.1 Å². The fourth-order valence-corrected chi connectivity index (χ4v) is 3.80. The molecular formula is C13H20N4O8S. The third kappa shape index (κ3) is 3.96. The Balaban J connectivity index is 1.55. The number of Topliss-reactive ketones (excluding diaryl/α,β-unsaturated/α-hetero) is 1. The van der Waals surface area contributed by atoms with Crippen LogP contribution in [0.3, 0.4) is 0 Å². The molecule has 146 valence electrons. The molecule has 0 radical (unpaired) electrons. The van der Waals surface area contributed by atoms with Gasteiger partial charge >= 0.3 is 16.4 Å². The Morgan fingerprint density at radius 1 is 1.35 bits per heavy atom. The largest absolute Gasteiger partial charge is 0.418 e. The maximum atomic E-state index is 12.4. The van der Waals surface area contributed by atoms with Gasteiger partial charge in [0.25, 0.3) is 5.91 Å². The van der Waals surface area contributed by atoms with E-state index in [1.165, 1.54) is 11.8 Å². The average Bonchev–Trinajstić information content (AvgIpc) is 3.12. The maximum absolute atomic E-state index is 12.4. The second kappa shape index (κ2) is 7.08. The smallest absolute Gasteiger partial charge is 0.309 e. The Morgan fingerprint density at radius 3 is 2.69 bits per heavy atom. The van der Waals surface area contributed by atoms with Crippen LogP contribution in [0, 0.1) is 0 Å². The lowest BCUT2D eigenvalue weighted by atomic mass is 10.0. The van der Waals surface area contributed by atoms with Crippen molar-refractivity contribution in [2.24, 2.45) is 0 Å². The summed E-state index contributed by atoms with van der Waals surface area (Å²) >= 11 is 0. The Labute approximate surface area is 149 Å². The summed E-state index contributed by atoms with van der Waals surface area (Å²) in [5, 5.41) is 3.55. The third-order valence-corrected chi connectivity index (χ3v) is 5.06. The number of ketones is 1. The first kappa shape index (κ1) is 19.0. The molecule has 3 aliphatic heterocycles. The zero-order valence-electron chi connectivity index (χ0n) is 14.0. The summed E-state index contributed by atoms with van der Waals surface area (Å²) < 4.78 is 34.8. The van der Waals surface area contributed by atoms with Gasteiger partial charge in [0.2, 0.25) is 0 Å². The van der Waals surface area contributed by atoms with Gasteiger partial charge in [-0.2, -0.15) is 13.5 Å². The molecule has 0 aromatic rings. The highest BCUT2D eigenvalue weighted by Crippen LogP contribution is 2.30. The predicted molar refractivity (Wildman–Crippen MR) is 83.5 cm³/mol. The summed E-state index contributed by atoms with van der Waals surface area (Å²) in [5.41, 5.74) is 2.31. The molecular weight excluding hydrogens is 372 g/mol. The predicted octanol–water partition coefficient (Wildman–Crippen LogP) is -1.64. The van der Waals surface area contributed by atoms with E-state index in [1.807, 2.05) is 0 Å². The molecule has 0 saturated carbocycles. The number of rotatable bonds is 6. The first-order chi connectivity index (χ1) is 12.2. The van der Waals surface area contributed by atoms with Gasteiger partial charge in [0.1, 0.15) is 11.8 Å². The molecule has 0 spiro atoms. The van der Waals surface area contributed by atoms with Crippen molar-refractivity contribution in [2.45, 2.75) is 50.4 Å². The Kier molecular flexibility index (Phi) is 5.16. The van der Waals surface area contributed by atoms with E-state index in [4.69, 9.17) is 9.39 Å². The molecule has 3 unspecified atom stereocenters. The molecule has 2 bridgehead atoms. The van der Waals surface area contributed by atoms with Crippen molar-refractivity contribution in [3.63, 3.8) is 0 Å². The molecule has 3 saturated heterocycles. The Morgan fingerprint density at radius 2 is 2.08 bits per heavy atom. The van der Waals surface area contributed by atoms with Gasteiger partial charge in [-0.15, -0.1) is 4.28 Å². The molecule has 3 rings (SSSR count). The van der Waals surface area contributed by atoms with Crippen LogP contribution in [0.5, 0.6) is 0 Å². The molecule has 13 heteroatoms. The number of urea groups is 1. The van der Waals surface area contributed by atoms with Crippen molar-refractivity contribution < 1.29 is 36.5 Å². The highest BCUT2D eigenvalue weighted by molar-refractivity contribution is 7.80. The molecule has 3 heterocycles. The molecule has 3 fully saturated rings. The normalized spacial score (nSPS) is 31.4. The van der Waals surface area contributed by atoms with Crippen molar-refractivity contribution >= 4 is 28.1 Å². The molecule has 4 atom stereocenters. The van der Waals surface area contributed by atoms with Gasteiger partial charge in [0.15, 0.2) is 0 Å². The average molecular weight is 392 g/mol. The van der Waals surface area contributed by atoms with E-state index < -0.39 is 34.4 Å². The number of nitrogens with one attached hydrogen (secondary N) is 2. The van der Waals surface area contributed by atoms with Gasteiger partial charge in [-0.25, -0.2) is 10.3 Å². The number of amides is 3. The zero-order chi connectivity index (χ0) is 19.1. The summed E-state index contributed by atoms with van der Waals surface area (Å²) in [7, 11) is -4.83. The summed E-state index contributed by atoms with van der Waals surface area (Å²) in [6, 6.07) is -2.53. The van der Waals surface area contributed by atoms with Crippen LogP contribution in [0.15, 0.2) is 0 Å². The van der Waals surface area contributed by atoms with Crippen LogP contribution in [0.4, 0.5) is 4.79 Å². The van der Waals surface area contributed by atoms with E-state index in [0.29, 0.717) is 24.4 Å². The van der Waals surface area contributed by atoms with Crippen molar-refractivity contribution in [1.82, 2.24) is 20.8 Å². The number of fused-ring (bicyclic) bond motifs is 2. The van der Waals surface area contributed by atoms with E-state index in [9.17, 15) is 22.8 Å². The summed E-state index contributed by atoms with van der Waals surface area (Å²) in [5.74, 6) is -0.556. The lowest BCUT2D eigenvalue weighted by Crippen LogP contribution is -2.50. The molecule has 0 aromatic carbocycles. The first-order valence-corrected chi connectivity index (χ1v) is 9.48. The van der Waals surface area contributed by atoms with E-state index in [-0.39, 0.29) is 30.9 Å². The lowest BCUT2D eigenvalue weighted by Gasteiger charge is -2.29. The van der Waals surface area contributed by atoms with E-state index in [0.717, 1.165) is 0 Å². The van der Waals surface area contributed by atoms with Crippen LogP contribution in [0.25, 0.3) is 0 Å². The Hall–Kier alpha value is -1.80. The summed E-state index contributed by atoms with van der Waals surface area (Å²) in [6.45, 7) is 1.98.